The molecular formula is C35H38FN3O4. The maximum Gasteiger partial charge on any atom is 0.232 e. The second kappa shape index (κ2) is 9.54. The van der Waals surface area contributed by atoms with Crippen molar-refractivity contribution >= 4 is 11.6 Å². The van der Waals surface area contributed by atoms with E-state index in [-0.39, 0.29) is 35.4 Å². The minimum atomic E-state index is -0.862. The first-order chi connectivity index (χ1) is 21.0. The van der Waals surface area contributed by atoms with Crippen molar-refractivity contribution in [1.29, 1.82) is 0 Å². The monoisotopic (exact) mass is 583 g/mol. The summed E-state index contributed by atoms with van der Waals surface area (Å²) in [5.74, 6) is 4.04. The Balaban J connectivity index is 1.01. The highest BCUT2D eigenvalue weighted by Gasteiger charge is 2.55. The largest absolute Gasteiger partial charge is 0.454 e. The van der Waals surface area contributed by atoms with Gasteiger partial charge in [-0.25, -0.2) is 4.39 Å². The van der Waals surface area contributed by atoms with Crippen molar-refractivity contribution < 1.29 is 23.2 Å². The summed E-state index contributed by atoms with van der Waals surface area (Å²) in [6.07, 6.45) is 9.66. The fourth-order valence-corrected chi connectivity index (χ4v) is 8.80. The van der Waals surface area contributed by atoms with Gasteiger partial charge in [0.2, 0.25) is 18.6 Å². The van der Waals surface area contributed by atoms with E-state index in [2.05, 4.69) is 23.4 Å². The molecule has 2 unspecified atom stereocenters. The first-order valence-electron chi connectivity index (χ1n) is 16.3. The molecular weight excluding hydrogens is 545 g/mol. The van der Waals surface area contributed by atoms with E-state index in [1.807, 2.05) is 29.2 Å². The number of ether oxygens (including phenoxy) is 2. The Kier molecular flexibility index (Phi) is 5.77. The van der Waals surface area contributed by atoms with Crippen LogP contribution in [0.4, 0.5) is 10.1 Å². The molecule has 1 aromatic heterocycles. The molecule has 0 N–H and O–H groups in total. The molecule has 0 radical (unpaired) electrons. The molecule has 1 aliphatic heterocycles. The Bertz CT molecular complexity index is 1550. The van der Waals surface area contributed by atoms with Gasteiger partial charge in [-0.15, -0.1) is 0 Å². The number of halogens is 1. The van der Waals surface area contributed by atoms with Gasteiger partial charge in [-0.05, 0) is 123 Å². The van der Waals surface area contributed by atoms with Crippen molar-refractivity contribution in [2.75, 3.05) is 18.2 Å². The van der Waals surface area contributed by atoms with Crippen LogP contribution in [-0.2, 0) is 10.2 Å². The quantitative estimate of drug-likeness (QED) is 0.289. The van der Waals surface area contributed by atoms with Gasteiger partial charge in [0.1, 0.15) is 6.17 Å². The van der Waals surface area contributed by atoms with Gasteiger partial charge in [-0.1, -0.05) is 23.4 Å². The number of carbonyl (C=O) groups is 1. The number of aromatic nitrogens is 2. The zero-order valence-electron chi connectivity index (χ0n) is 24.5. The van der Waals surface area contributed by atoms with Crippen LogP contribution in [0.2, 0.25) is 0 Å². The van der Waals surface area contributed by atoms with Gasteiger partial charge in [-0.3, -0.25) is 4.79 Å². The van der Waals surface area contributed by atoms with Gasteiger partial charge in [0.25, 0.3) is 0 Å². The minimum Gasteiger partial charge on any atom is -0.454 e. The number of carbonyl (C=O) groups excluding carboxylic acids is 1. The standard InChI is InChI=1S/C35H38FN3O4/c36-28-18-27(24-14-25(28)15-24)32(40)39(26-3-1-2-22(16-26)23-6-7-29-30(17-23)42-20-41-29)19-34-8-11-35(12-9-34,13-10-34)33-37-31(38-43-33)21-4-5-21/h1-3,6-7,16-17,21,24-25,27-28H,4-5,8-15,18-20H2. The minimum absolute atomic E-state index is 0.0260. The Morgan fingerprint density at radius 3 is 2.44 bits per heavy atom. The van der Waals surface area contributed by atoms with Crippen molar-refractivity contribution in [3.8, 4) is 22.6 Å². The molecule has 0 saturated heterocycles. The third-order valence-electron chi connectivity index (χ3n) is 12.0. The van der Waals surface area contributed by atoms with E-state index in [0.717, 1.165) is 91.4 Å². The van der Waals surface area contributed by atoms with Crippen molar-refractivity contribution in [2.45, 2.75) is 88.1 Å². The molecule has 4 bridgehead atoms. The summed E-state index contributed by atoms with van der Waals surface area (Å²) in [5, 5.41) is 4.33. The molecule has 7 aliphatic carbocycles. The zero-order valence-corrected chi connectivity index (χ0v) is 24.5. The molecule has 1 amide bonds. The number of nitrogens with zero attached hydrogens (tertiary/aromatic N) is 3. The van der Waals surface area contributed by atoms with Crippen LogP contribution in [0.25, 0.3) is 11.1 Å². The second-order valence-corrected chi connectivity index (χ2v) is 14.4. The Hall–Kier alpha value is -3.42. The predicted octanol–water partition coefficient (Wildman–Crippen LogP) is 7.35. The van der Waals surface area contributed by atoms with Gasteiger partial charge in [0, 0.05) is 29.5 Å². The molecule has 7 nitrogen and oxygen atoms in total. The topological polar surface area (TPSA) is 77.7 Å². The van der Waals surface area contributed by atoms with Gasteiger partial charge in [0.15, 0.2) is 17.3 Å². The summed E-state index contributed by atoms with van der Waals surface area (Å²) in [6.45, 7) is 0.908. The molecule has 7 saturated carbocycles. The summed E-state index contributed by atoms with van der Waals surface area (Å²) < 4.78 is 31.9. The van der Waals surface area contributed by atoms with E-state index in [1.165, 1.54) is 12.8 Å². The van der Waals surface area contributed by atoms with Crippen molar-refractivity contribution in [3.05, 3.63) is 54.2 Å². The molecule has 8 aliphatic rings. The molecule has 2 heterocycles. The van der Waals surface area contributed by atoms with Crippen LogP contribution < -0.4 is 14.4 Å². The van der Waals surface area contributed by atoms with E-state index in [1.54, 1.807) is 0 Å². The molecule has 224 valence electrons. The van der Waals surface area contributed by atoms with Crippen LogP contribution in [0.3, 0.4) is 0 Å². The lowest BCUT2D eigenvalue weighted by Gasteiger charge is -2.54. The van der Waals surface area contributed by atoms with Crippen molar-refractivity contribution in [1.82, 2.24) is 10.1 Å². The highest BCUT2D eigenvalue weighted by molar-refractivity contribution is 5.96. The number of hydrogen-bond donors (Lipinski definition) is 0. The number of amides is 1. The number of benzene rings is 2. The molecule has 2 atom stereocenters. The summed E-state index contributed by atoms with van der Waals surface area (Å²) in [6, 6.07) is 14.3. The van der Waals surface area contributed by atoms with Crippen LogP contribution >= 0.6 is 0 Å². The van der Waals surface area contributed by atoms with E-state index in [0.29, 0.717) is 24.8 Å². The van der Waals surface area contributed by atoms with Crippen LogP contribution in [0.1, 0.15) is 88.3 Å². The van der Waals surface area contributed by atoms with Gasteiger partial charge >= 0.3 is 0 Å². The third-order valence-corrected chi connectivity index (χ3v) is 12.0. The highest BCUT2D eigenvalue weighted by atomic mass is 19.1. The van der Waals surface area contributed by atoms with E-state index >= 15 is 0 Å². The van der Waals surface area contributed by atoms with Crippen LogP contribution in [0.5, 0.6) is 11.5 Å². The first-order valence-corrected chi connectivity index (χ1v) is 16.3. The Labute approximate surface area is 251 Å². The lowest BCUT2D eigenvalue weighted by molar-refractivity contribution is -0.133. The molecule has 0 spiro atoms. The summed E-state index contributed by atoms with van der Waals surface area (Å²) >= 11 is 0. The lowest BCUT2D eigenvalue weighted by Crippen LogP contribution is -2.54. The summed E-state index contributed by atoms with van der Waals surface area (Å²) in [5.41, 5.74) is 2.96. The number of alkyl halides is 1. The van der Waals surface area contributed by atoms with Crippen LogP contribution in [-0.4, -0.2) is 35.6 Å². The summed E-state index contributed by atoms with van der Waals surface area (Å²) in [4.78, 5) is 21.4. The van der Waals surface area contributed by atoms with Crippen LogP contribution in [0, 0.1) is 23.2 Å². The number of anilines is 1. The number of fused-ring (bicyclic) bond motifs is 6. The van der Waals surface area contributed by atoms with E-state index in [9.17, 15) is 9.18 Å². The molecule has 8 heteroatoms. The zero-order chi connectivity index (χ0) is 28.8. The third kappa shape index (κ3) is 4.30. The number of hydrogen-bond acceptors (Lipinski definition) is 6. The average Bonchev–Trinajstić information content (AvgIpc) is 3.54. The molecule has 11 rings (SSSR count). The van der Waals surface area contributed by atoms with Gasteiger partial charge in [0.05, 0.1) is 0 Å². The molecule has 2 aromatic carbocycles. The second-order valence-electron chi connectivity index (χ2n) is 14.4. The van der Waals surface area contributed by atoms with Crippen molar-refractivity contribution in [2.24, 2.45) is 23.2 Å². The van der Waals surface area contributed by atoms with Gasteiger partial charge in [-0.2, -0.15) is 4.98 Å². The molecule has 43 heavy (non-hydrogen) atoms. The van der Waals surface area contributed by atoms with Gasteiger partial charge < -0.3 is 18.9 Å². The predicted molar refractivity (Wildman–Crippen MR) is 158 cm³/mol. The Morgan fingerprint density at radius 2 is 1.67 bits per heavy atom. The smallest absolute Gasteiger partial charge is 0.232 e. The van der Waals surface area contributed by atoms with E-state index < -0.39 is 6.17 Å². The van der Waals surface area contributed by atoms with Crippen LogP contribution in [0.15, 0.2) is 47.0 Å². The fraction of sp³-hybridized carbons (Fsp3) is 0.571. The SMILES string of the molecule is O=C(C1CC(F)C2CC1C2)N(CC12CCC(c3nc(C4CC4)no3)(CC1)CC2)c1cccc(-c2ccc3c(c2)OCO3)c1. The normalized spacial score (nSPS) is 33.7. The highest BCUT2D eigenvalue weighted by Crippen LogP contribution is 2.59. The first kappa shape index (κ1) is 26.0. The molecule has 3 aromatic rings. The molecule has 7 fully saturated rings. The van der Waals surface area contributed by atoms with E-state index in [4.69, 9.17) is 19.0 Å². The maximum absolute atomic E-state index is 14.9. The Morgan fingerprint density at radius 1 is 0.907 bits per heavy atom. The maximum atomic E-state index is 14.9. The lowest BCUT2D eigenvalue weighted by atomic mass is 9.53. The number of rotatable bonds is 7. The van der Waals surface area contributed by atoms with Crippen molar-refractivity contribution in [3.63, 3.8) is 0 Å². The summed E-state index contributed by atoms with van der Waals surface area (Å²) in [7, 11) is 0. The fourth-order valence-electron chi connectivity index (χ4n) is 8.80. The average molecular weight is 584 g/mol.